The summed E-state index contributed by atoms with van der Waals surface area (Å²) >= 11 is 0. The lowest BCUT2D eigenvalue weighted by atomic mass is 10.3. The molecule has 0 bridgehead atoms. The second-order valence-corrected chi connectivity index (χ2v) is 3.71. The average Bonchev–Trinajstić information content (AvgIpc) is 2.34. The van der Waals surface area contributed by atoms with Gasteiger partial charge in [-0.05, 0) is 12.1 Å². The van der Waals surface area contributed by atoms with Crippen molar-refractivity contribution < 1.29 is 4.79 Å². The van der Waals surface area contributed by atoms with Crippen LogP contribution in [0.2, 0.25) is 0 Å². The summed E-state index contributed by atoms with van der Waals surface area (Å²) in [4.78, 5) is 17.4. The monoisotopic (exact) mass is 234 g/mol. The standard InChI is InChI=1S/C12H18N4O/c1-3-7-14-12(17)6-8-16(2)11-5-4-10(13)9-15-11/h3-5,9H,1,6-8,13H2,2H3,(H,14,17). The molecule has 0 aliphatic carbocycles. The summed E-state index contributed by atoms with van der Waals surface area (Å²) in [5, 5.41) is 2.72. The number of pyridine rings is 1. The average molecular weight is 234 g/mol. The van der Waals surface area contributed by atoms with E-state index in [4.69, 9.17) is 5.73 Å². The van der Waals surface area contributed by atoms with Gasteiger partial charge in [-0.25, -0.2) is 4.98 Å². The zero-order valence-corrected chi connectivity index (χ0v) is 10.0. The van der Waals surface area contributed by atoms with Crippen LogP contribution in [0.1, 0.15) is 6.42 Å². The predicted octanol–water partition coefficient (Wildman–Crippen LogP) is 0.792. The Morgan fingerprint density at radius 3 is 3.00 bits per heavy atom. The second kappa shape index (κ2) is 6.52. The molecule has 0 atom stereocenters. The van der Waals surface area contributed by atoms with E-state index >= 15 is 0 Å². The molecule has 5 heteroatoms. The SMILES string of the molecule is C=CCNC(=O)CCN(C)c1ccc(N)cn1. The van der Waals surface area contributed by atoms with E-state index in [0.29, 0.717) is 25.2 Å². The van der Waals surface area contributed by atoms with Crippen molar-refractivity contribution in [1.29, 1.82) is 0 Å². The fraction of sp³-hybridized carbons (Fsp3) is 0.333. The Labute approximate surface area is 101 Å². The lowest BCUT2D eigenvalue weighted by molar-refractivity contribution is -0.120. The molecule has 0 unspecified atom stereocenters. The maximum Gasteiger partial charge on any atom is 0.222 e. The molecule has 0 aliphatic heterocycles. The molecule has 1 aromatic rings. The van der Waals surface area contributed by atoms with Crippen LogP contribution in [0.15, 0.2) is 31.0 Å². The third-order valence-corrected chi connectivity index (χ3v) is 2.28. The molecule has 0 aliphatic rings. The van der Waals surface area contributed by atoms with Gasteiger partial charge in [-0.1, -0.05) is 6.08 Å². The number of hydrogen-bond acceptors (Lipinski definition) is 4. The van der Waals surface area contributed by atoms with Gasteiger partial charge in [0, 0.05) is 26.6 Å². The fourth-order valence-electron chi connectivity index (χ4n) is 1.28. The van der Waals surface area contributed by atoms with Crippen molar-refractivity contribution in [2.24, 2.45) is 0 Å². The summed E-state index contributed by atoms with van der Waals surface area (Å²) in [6.07, 6.45) is 3.68. The van der Waals surface area contributed by atoms with Crippen LogP contribution in [0.3, 0.4) is 0 Å². The van der Waals surface area contributed by atoms with Gasteiger partial charge >= 0.3 is 0 Å². The molecule has 0 fully saturated rings. The molecule has 0 aromatic carbocycles. The first-order valence-electron chi connectivity index (χ1n) is 5.43. The predicted molar refractivity (Wildman–Crippen MR) is 69.7 cm³/mol. The molecule has 17 heavy (non-hydrogen) atoms. The van der Waals surface area contributed by atoms with Gasteiger partial charge in [-0.2, -0.15) is 0 Å². The van der Waals surface area contributed by atoms with Crippen molar-refractivity contribution >= 4 is 17.4 Å². The van der Waals surface area contributed by atoms with Gasteiger partial charge in [-0.3, -0.25) is 4.79 Å². The van der Waals surface area contributed by atoms with E-state index in [2.05, 4.69) is 16.9 Å². The molecule has 0 saturated carbocycles. The van der Waals surface area contributed by atoms with Crippen molar-refractivity contribution in [2.45, 2.75) is 6.42 Å². The Bertz CT molecular complexity index is 375. The molecule has 1 aromatic heterocycles. The Hall–Kier alpha value is -2.04. The third-order valence-electron chi connectivity index (χ3n) is 2.28. The summed E-state index contributed by atoms with van der Waals surface area (Å²) in [6.45, 7) is 4.65. The summed E-state index contributed by atoms with van der Waals surface area (Å²) in [7, 11) is 1.89. The lowest BCUT2D eigenvalue weighted by Crippen LogP contribution is -2.29. The van der Waals surface area contributed by atoms with Gasteiger partial charge in [0.15, 0.2) is 0 Å². The number of carbonyl (C=O) groups is 1. The molecule has 92 valence electrons. The first kappa shape index (κ1) is 13.0. The summed E-state index contributed by atoms with van der Waals surface area (Å²) in [5.41, 5.74) is 6.18. The van der Waals surface area contributed by atoms with Crippen LogP contribution in [0.25, 0.3) is 0 Å². The van der Waals surface area contributed by atoms with Crippen LogP contribution >= 0.6 is 0 Å². The van der Waals surface area contributed by atoms with Crippen molar-refractivity contribution in [2.75, 3.05) is 30.8 Å². The molecular formula is C12H18N4O. The molecule has 3 N–H and O–H groups in total. The van der Waals surface area contributed by atoms with E-state index < -0.39 is 0 Å². The zero-order chi connectivity index (χ0) is 12.7. The van der Waals surface area contributed by atoms with Gasteiger partial charge in [0.1, 0.15) is 5.82 Å². The first-order valence-corrected chi connectivity index (χ1v) is 5.43. The molecule has 1 heterocycles. The molecule has 0 radical (unpaired) electrons. The van der Waals surface area contributed by atoms with Crippen molar-refractivity contribution in [3.05, 3.63) is 31.0 Å². The number of rotatable bonds is 6. The number of anilines is 2. The van der Waals surface area contributed by atoms with Crippen LogP contribution < -0.4 is 16.0 Å². The van der Waals surface area contributed by atoms with Crippen molar-refractivity contribution in [3.63, 3.8) is 0 Å². The lowest BCUT2D eigenvalue weighted by Gasteiger charge is -2.17. The van der Waals surface area contributed by atoms with Gasteiger partial charge < -0.3 is 16.0 Å². The quantitative estimate of drug-likeness (QED) is 0.714. The number of nitrogens with zero attached hydrogens (tertiary/aromatic N) is 2. The van der Waals surface area contributed by atoms with E-state index in [-0.39, 0.29) is 5.91 Å². The Kier molecular flexibility index (Phi) is 5.00. The molecule has 0 spiro atoms. The van der Waals surface area contributed by atoms with Crippen molar-refractivity contribution in [1.82, 2.24) is 10.3 Å². The smallest absolute Gasteiger partial charge is 0.222 e. The van der Waals surface area contributed by atoms with Crippen LogP contribution in [-0.2, 0) is 4.79 Å². The molecule has 5 nitrogen and oxygen atoms in total. The highest BCUT2D eigenvalue weighted by Crippen LogP contribution is 2.10. The van der Waals surface area contributed by atoms with Gasteiger partial charge in [0.25, 0.3) is 0 Å². The highest BCUT2D eigenvalue weighted by molar-refractivity contribution is 5.76. The maximum atomic E-state index is 11.4. The normalized spacial score (nSPS) is 9.71. The van der Waals surface area contributed by atoms with E-state index in [9.17, 15) is 4.79 Å². The minimum atomic E-state index is 0.00666. The van der Waals surface area contributed by atoms with E-state index in [1.807, 2.05) is 18.0 Å². The topological polar surface area (TPSA) is 71.2 Å². The zero-order valence-electron chi connectivity index (χ0n) is 10.0. The van der Waals surface area contributed by atoms with Crippen LogP contribution in [0.5, 0.6) is 0 Å². The number of nitrogens with one attached hydrogen (secondary N) is 1. The molecule has 1 amide bonds. The van der Waals surface area contributed by atoms with E-state index in [0.717, 1.165) is 5.82 Å². The Balaban J connectivity index is 2.39. The first-order chi connectivity index (χ1) is 8.13. The van der Waals surface area contributed by atoms with Crippen LogP contribution in [-0.4, -0.2) is 31.0 Å². The largest absolute Gasteiger partial charge is 0.397 e. The van der Waals surface area contributed by atoms with Crippen molar-refractivity contribution in [3.8, 4) is 0 Å². The molecule has 1 rings (SSSR count). The highest BCUT2D eigenvalue weighted by Gasteiger charge is 2.05. The van der Waals surface area contributed by atoms with E-state index in [1.165, 1.54) is 0 Å². The van der Waals surface area contributed by atoms with Gasteiger partial charge in [-0.15, -0.1) is 6.58 Å². The number of carbonyl (C=O) groups excluding carboxylic acids is 1. The minimum Gasteiger partial charge on any atom is -0.397 e. The fourth-order valence-corrected chi connectivity index (χ4v) is 1.28. The minimum absolute atomic E-state index is 0.00666. The summed E-state index contributed by atoms with van der Waals surface area (Å²) in [5.74, 6) is 0.808. The Morgan fingerprint density at radius 2 is 2.41 bits per heavy atom. The van der Waals surface area contributed by atoms with Crippen LogP contribution in [0, 0.1) is 0 Å². The van der Waals surface area contributed by atoms with E-state index in [1.54, 1.807) is 18.3 Å². The number of nitrogen functional groups attached to an aromatic ring is 1. The molecular weight excluding hydrogens is 216 g/mol. The number of hydrogen-bond donors (Lipinski definition) is 2. The van der Waals surface area contributed by atoms with Gasteiger partial charge in [0.05, 0.1) is 11.9 Å². The second-order valence-electron chi connectivity index (χ2n) is 3.71. The summed E-state index contributed by atoms with van der Waals surface area (Å²) in [6, 6.07) is 3.62. The number of aromatic nitrogens is 1. The van der Waals surface area contributed by atoms with Gasteiger partial charge in [0.2, 0.25) is 5.91 Å². The summed E-state index contributed by atoms with van der Waals surface area (Å²) < 4.78 is 0. The highest BCUT2D eigenvalue weighted by atomic mass is 16.1. The molecule has 0 saturated heterocycles. The maximum absolute atomic E-state index is 11.4. The number of amides is 1. The number of nitrogens with two attached hydrogens (primary N) is 1. The van der Waals surface area contributed by atoms with Crippen LogP contribution in [0.4, 0.5) is 11.5 Å². The Morgan fingerprint density at radius 1 is 1.65 bits per heavy atom. The third kappa shape index (κ3) is 4.55.